The van der Waals surface area contributed by atoms with Gasteiger partial charge in [-0.05, 0) is 61.7 Å². The first kappa shape index (κ1) is 25.4. The SMILES string of the molecule is [2H]C1([2H])CC[C@@]2(COc3nc(N4C[C@H]5CC[C@@H](C4)N5)c4cnn(-c5cc(O)cc6ccc(F)c(CC)c56)c(=O)c4n3)C[C@@H](F)CN12. The molecule has 0 amide bonds. The van der Waals surface area contributed by atoms with Gasteiger partial charge in [0, 0.05) is 52.3 Å². The Hall–Kier alpha value is -3.90. The van der Waals surface area contributed by atoms with Crippen LogP contribution in [0.15, 0.2) is 35.3 Å². The van der Waals surface area contributed by atoms with E-state index in [1.807, 2.05) is 6.92 Å². The van der Waals surface area contributed by atoms with Crippen LogP contribution in [0.3, 0.4) is 0 Å². The van der Waals surface area contributed by atoms with Crippen molar-refractivity contribution in [2.75, 3.05) is 37.6 Å². The predicted molar refractivity (Wildman–Crippen MR) is 162 cm³/mol. The molecule has 2 aromatic carbocycles. The highest BCUT2D eigenvalue weighted by Crippen LogP contribution is 2.40. The Labute approximate surface area is 255 Å². The third kappa shape index (κ3) is 4.41. The molecule has 2 aromatic heterocycles. The Kier molecular flexibility index (Phi) is 5.97. The number of piperazine rings is 1. The molecule has 4 aliphatic heterocycles. The standard InChI is InChI=1S/C32H35F2N7O3/c1-2-23-25(34)7-4-18-10-22(42)11-26(27(18)23)41-30(43)28-24(13-35-41)29(39-15-20-5-6-21(16-39)36-20)38-31(37-28)44-17-32-8-3-9-40(32)14-19(33)12-32/h4,7,10-11,13,19-21,36,42H,2-3,5-6,8-9,12,14-17H2,1H3/t19-,20-,21+,32+/m1/s1/i9D2. The van der Waals surface area contributed by atoms with Gasteiger partial charge in [-0.1, -0.05) is 13.0 Å². The van der Waals surface area contributed by atoms with Crippen molar-refractivity contribution in [3.63, 3.8) is 0 Å². The van der Waals surface area contributed by atoms with Gasteiger partial charge in [0.05, 0.1) is 22.8 Å². The minimum Gasteiger partial charge on any atom is -0.508 e. The normalized spacial score (nSPS) is 28.4. The number of benzene rings is 2. The van der Waals surface area contributed by atoms with E-state index in [4.69, 9.17) is 12.5 Å². The molecule has 4 atom stereocenters. The van der Waals surface area contributed by atoms with Gasteiger partial charge in [-0.3, -0.25) is 9.69 Å². The van der Waals surface area contributed by atoms with E-state index in [0.717, 1.165) is 17.5 Å². The first-order valence-corrected chi connectivity index (χ1v) is 15.4. The van der Waals surface area contributed by atoms with Crippen molar-refractivity contribution in [2.45, 2.75) is 69.2 Å². The Morgan fingerprint density at radius 3 is 2.82 bits per heavy atom. The summed E-state index contributed by atoms with van der Waals surface area (Å²) in [4.78, 5) is 27.3. The van der Waals surface area contributed by atoms with E-state index in [9.17, 15) is 18.7 Å². The van der Waals surface area contributed by atoms with E-state index in [1.54, 1.807) is 11.0 Å². The number of halogens is 2. The molecule has 4 aromatic rings. The summed E-state index contributed by atoms with van der Waals surface area (Å²) >= 11 is 0. The lowest BCUT2D eigenvalue weighted by Gasteiger charge is -2.34. The van der Waals surface area contributed by atoms with Crippen LogP contribution in [0, 0.1) is 5.82 Å². The molecule has 10 nitrogen and oxygen atoms in total. The van der Waals surface area contributed by atoms with Crippen molar-refractivity contribution in [1.29, 1.82) is 0 Å². The number of aromatic hydroxyl groups is 1. The molecule has 6 heterocycles. The summed E-state index contributed by atoms with van der Waals surface area (Å²) in [5.41, 5.74) is -0.770. The number of phenols is 1. The lowest BCUT2D eigenvalue weighted by Crippen LogP contribution is -2.51. The van der Waals surface area contributed by atoms with Crippen LogP contribution < -0.4 is 20.5 Å². The Morgan fingerprint density at radius 2 is 2.02 bits per heavy atom. The fourth-order valence-electron chi connectivity index (χ4n) is 7.70. The van der Waals surface area contributed by atoms with Crippen LogP contribution in [0.1, 0.15) is 47.3 Å². The molecule has 2 N–H and O–H groups in total. The number of alkyl halides is 1. The molecule has 0 spiro atoms. The lowest BCUT2D eigenvalue weighted by atomic mass is 9.95. The minimum absolute atomic E-state index is 0.00165. The van der Waals surface area contributed by atoms with Gasteiger partial charge in [0.25, 0.3) is 5.56 Å². The third-order valence-electron chi connectivity index (χ3n) is 9.75. The second-order valence-electron chi connectivity index (χ2n) is 12.5. The average molecular weight is 606 g/mol. The number of aromatic nitrogens is 4. The predicted octanol–water partition coefficient (Wildman–Crippen LogP) is 3.63. The zero-order valence-electron chi connectivity index (χ0n) is 26.4. The number of hydrogen-bond acceptors (Lipinski definition) is 9. The van der Waals surface area contributed by atoms with Crippen LogP contribution in [0.5, 0.6) is 11.8 Å². The van der Waals surface area contributed by atoms with Crippen molar-refractivity contribution < 1.29 is 21.4 Å². The van der Waals surface area contributed by atoms with Crippen molar-refractivity contribution in [2.24, 2.45) is 0 Å². The van der Waals surface area contributed by atoms with E-state index in [1.165, 1.54) is 24.4 Å². The van der Waals surface area contributed by atoms with Gasteiger partial charge >= 0.3 is 6.01 Å². The molecule has 4 fully saturated rings. The second kappa shape index (κ2) is 10.3. The Bertz CT molecular complexity index is 1930. The third-order valence-corrected chi connectivity index (χ3v) is 9.75. The van der Waals surface area contributed by atoms with Crippen molar-refractivity contribution >= 4 is 27.5 Å². The van der Waals surface area contributed by atoms with Crippen molar-refractivity contribution in [1.82, 2.24) is 30.0 Å². The number of nitrogens with zero attached hydrogens (tertiary/aromatic N) is 6. The summed E-state index contributed by atoms with van der Waals surface area (Å²) in [5.74, 6) is -0.0183. The molecule has 44 heavy (non-hydrogen) atoms. The quantitative estimate of drug-likeness (QED) is 0.341. The van der Waals surface area contributed by atoms with Crippen molar-refractivity contribution in [3.8, 4) is 17.4 Å². The maximum Gasteiger partial charge on any atom is 0.319 e. The summed E-state index contributed by atoms with van der Waals surface area (Å²) in [5, 5.41) is 20.1. The minimum atomic E-state index is -1.64. The fourth-order valence-corrected chi connectivity index (χ4v) is 7.70. The van der Waals surface area contributed by atoms with Gasteiger partial charge in [0.15, 0.2) is 0 Å². The molecule has 0 radical (unpaired) electrons. The Morgan fingerprint density at radius 1 is 1.20 bits per heavy atom. The molecular weight excluding hydrogens is 568 g/mol. The molecule has 4 saturated heterocycles. The zero-order chi connectivity index (χ0) is 32.0. The molecule has 0 aliphatic carbocycles. The number of fused-ring (bicyclic) bond motifs is 5. The molecule has 4 aliphatic rings. The monoisotopic (exact) mass is 605 g/mol. The number of anilines is 1. The van der Waals surface area contributed by atoms with E-state index in [0.29, 0.717) is 53.5 Å². The molecule has 2 bridgehead atoms. The molecule has 230 valence electrons. The largest absolute Gasteiger partial charge is 0.508 e. The van der Waals surface area contributed by atoms with E-state index < -0.39 is 29.6 Å². The van der Waals surface area contributed by atoms with Crippen LogP contribution >= 0.6 is 0 Å². The van der Waals surface area contributed by atoms with Crippen molar-refractivity contribution in [3.05, 3.63) is 52.2 Å². The maximum atomic E-state index is 15.0. The van der Waals surface area contributed by atoms with Gasteiger partial charge in [-0.2, -0.15) is 19.7 Å². The molecule has 0 unspecified atom stereocenters. The van der Waals surface area contributed by atoms with Crippen LogP contribution in [0.25, 0.3) is 27.4 Å². The summed E-state index contributed by atoms with van der Waals surface area (Å²) in [7, 11) is 0. The Balaban J connectivity index is 1.27. The smallest absolute Gasteiger partial charge is 0.319 e. The zero-order valence-corrected chi connectivity index (χ0v) is 24.4. The van der Waals surface area contributed by atoms with Gasteiger partial charge in [0.2, 0.25) is 0 Å². The molecular formula is C32H35F2N7O3. The fraction of sp³-hybridized carbons (Fsp3) is 0.500. The summed E-state index contributed by atoms with van der Waals surface area (Å²) < 4.78 is 53.7. The summed E-state index contributed by atoms with van der Waals surface area (Å²) in [6, 6.07) is 6.30. The second-order valence-corrected chi connectivity index (χ2v) is 12.5. The van der Waals surface area contributed by atoms with E-state index >= 15 is 0 Å². The van der Waals surface area contributed by atoms with Gasteiger partial charge in [-0.25, -0.2) is 8.78 Å². The number of ether oxygens (including phenoxy) is 1. The molecule has 0 saturated carbocycles. The van der Waals surface area contributed by atoms with Gasteiger partial charge < -0.3 is 20.1 Å². The number of aryl methyl sites for hydroxylation is 1. The van der Waals surface area contributed by atoms with Crippen LogP contribution in [0.4, 0.5) is 14.6 Å². The molecule has 12 heteroatoms. The first-order chi connectivity index (χ1) is 22.0. The number of hydrogen-bond donors (Lipinski definition) is 2. The highest BCUT2D eigenvalue weighted by Gasteiger charge is 2.49. The number of nitrogens with one attached hydrogen (secondary N) is 1. The van der Waals surface area contributed by atoms with Crippen LogP contribution in [-0.2, 0) is 6.42 Å². The van der Waals surface area contributed by atoms with Crippen LogP contribution in [0.2, 0.25) is 0 Å². The maximum absolute atomic E-state index is 15.0. The number of phenolic OH excluding ortho intramolecular Hbond substituents is 1. The highest BCUT2D eigenvalue weighted by molar-refractivity contribution is 5.95. The van der Waals surface area contributed by atoms with Gasteiger partial charge in [0.1, 0.15) is 35.7 Å². The number of rotatable bonds is 6. The van der Waals surface area contributed by atoms with Crippen LogP contribution in [-0.4, -0.2) is 86.3 Å². The highest BCUT2D eigenvalue weighted by atomic mass is 19.1. The molecule has 8 rings (SSSR count). The summed E-state index contributed by atoms with van der Waals surface area (Å²) in [6.07, 6.45) is 3.62. The topological polar surface area (TPSA) is 109 Å². The lowest BCUT2D eigenvalue weighted by molar-refractivity contribution is 0.107. The summed E-state index contributed by atoms with van der Waals surface area (Å²) in [6.45, 7) is 1.49. The first-order valence-electron chi connectivity index (χ1n) is 16.4. The average Bonchev–Trinajstić information content (AvgIpc) is 3.64. The van der Waals surface area contributed by atoms with Gasteiger partial charge in [-0.15, -0.1) is 0 Å². The van der Waals surface area contributed by atoms with E-state index in [2.05, 4.69) is 20.3 Å². The van der Waals surface area contributed by atoms with E-state index in [-0.39, 0.29) is 61.0 Å².